The largest absolute Gasteiger partial charge is 0.389 e. The van der Waals surface area contributed by atoms with Crippen molar-refractivity contribution in [1.29, 1.82) is 0 Å². The fraction of sp³-hybridized carbons (Fsp3) is 0.692. The van der Waals surface area contributed by atoms with E-state index in [-0.39, 0.29) is 6.10 Å². The van der Waals surface area contributed by atoms with Gasteiger partial charge in [0.05, 0.1) is 6.10 Å². The van der Waals surface area contributed by atoms with Crippen molar-refractivity contribution in [1.82, 2.24) is 0 Å². The van der Waals surface area contributed by atoms with E-state index in [0.717, 1.165) is 18.3 Å². The number of hydrogen-bond acceptors (Lipinski definition) is 1. The van der Waals surface area contributed by atoms with Gasteiger partial charge in [0.15, 0.2) is 0 Å². The molecule has 0 heterocycles. The number of aliphatic hydroxyl groups is 1. The molecule has 1 N–H and O–H groups in total. The van der Waals surface area contributed by atoms with Crippen molar-refractivity contribution in [3.8, 4) is 0 Å². The lowest BCUT2D eigenvalue weighted by Crippen LogP contribution is -2.24. The lowest BCUT2D eigenvalue weighted by molar-refractivity contribution is 0.179. The van der Waals surface area contributed by atoms with Gasteiger partial charge in [0.1, 0.15) is 0 Å². The Bertz CT molecular complexity index is 264. The Morgan fingerprint density at radius 2 is 2.21 bits per heavy atom. The van der Waals surface area contributed by atoms with Crippen LogP contribution in [0, 0.1) is 11.8 Å². The van der Waals surface area contributed by atoms with E-state index in [2.05, 4.69) is 19.6 Å². The zero-order chi connectivity index (χ0) is 10.1. The maximum absolute atomic E-state index is 9.53. The van der Waals surface area contributed by atoms with E-state index in [1.807, 2.05) is 0 Å². The zero-order valence-electron chi connectivity index (χ0n) is 9.00. The summed E-state index contributed by atoms with van der Waals surface area (Å²) in [7, 11) is 0. The van der Waals surface area contributed by atoms with Crippen LogP contribution in [0.1, 0.15) is 39.0 Å². The lowest BCUT2D eigenvalue weighted by atomic mass is 9.71. The molecule has 3 unspecified atom stereocenters. The molecule has 0 aromatic rings. The molecule has 0 radical (unpaired) electrons. The second kappa shape index (κ2) is 3.90. The monoisotopic (exact) mass is 192 g/mol. The normalized spacial score (nSPS) is 37.3. The minimum atomic E-state index is -0.164. The Morgan fingerprint density at radius 1 is 1.43 bits per heavy atom. The highest BCUT2D eigenvalue weighted by Crippen LogP contribution is 2.41. The first-order valence-electron chi connectivity index (χ1n) is 5.71. The molecule has 0 amide bonds. The quantitative estimate of drug-likeness (QED) is 0.633. The summed E-state index contributed by atoms with van der Waals surface area (Å²) in [6.07, 6.45) is 7.76. The molecule has 0 aliphatic heterocycles. The SMILES string of the molecule is C=C(C)C1CCC2=CC(O)CCC2C1. The van der Waals surface area contributed by atoms with E-state index in [9.17, 15) is 5.11 Å². The molecule has 0 spiro atoms. The van der Waals surface area contributed by atoms with Crippen LogP contribution in [0.25, 0.3) is 0 Å². The second-order valence-corrected chi connectivity index (χ2v) is 4.90. The molecule has 0 bridgehead atoms. The Labute approximate surface area is 86.5 Å². The Hall–Kier alpha value is -0.560. The van der Waals surface area contributed by atoms with Gasteiger partial charge in [0.25, 0.3) is 0 Å². The van der Waals surface area contributed by atoms with Crippen molar-refractivity contribution in [3.05, 3.63) is 23.8 Å². The van der Waals surface area contributed by atoms with E-state index in [1.165, 1.54) is 36.8 Å². The molecule has 1 fully saturated rings. The summed E-state index contributed by atoms with van der Waals surface area (Å²) < 4.78 is 0. The van der Waals surface area contributed by atoms with Gasteiger partial charge in [-0.25, -0.2) is 0 Å². The molecule has 2 rings (SSSR count). The molecule has 2 aliphatic rings. The summed E-state index contributed by atoms with van der Waals surface area (Å²) >= 11 is 0. The minimum Gasteiger partial charge on any atom is -0.389 e. The molecule has 1 heteroatoms. The highest BCUT2D eigenvalue weighted by molar-refractivity contribution is 5.18. The van der Waals surface area contributed by atoms with Crippen LogP contribution in [0.2, 0.25) is 0 Å². The maximum atomic E-state index is 9.53. The molecule has 0 aromatic heterocycles. The van der Waals surface area contributed by atoms with Crippen LogP contribution in [0.4, 0.5) is 0 Å². The predicted molar refractivity (Wildman–Crippen MR) is 59.0 cm³/mol. The van der Waals surface area contributed by atoms with Crippen molar-refractivity contribution < 1.29 is 5.11 Å². The van der Waals surface area contributed by atoms with Gasteiger partial charge in [-0.15, -0.1) is 0 Å². The number of fused-ring (bicyclic) bond motifs is 1. The van der Waals surface area contributed by atoms with Gasteiger partial charge in [-0.2, -0.15) is 0 Å². The molecule has 0 aromatic carbocycles. The fourth-order valence-corrected chi connectivity index (χ4v) is 2.83. The third kappa shape index (κ3) is 1.93. The van der Waals surface area contributed by atoms with Gasteiger partial charge >= 0.3 is 0 Å². The summed E-state index contributed by atoms with van der Waals surface area (Å²) in [6.45, 7) is 6.21. The number of allylic oxidation sites excluding steroid dienone is 2. The van der Waals surface area contributed by atoms with Crippen molar-refractivity contribution in [3.63, 3.8) is 0 Å². The summed E-state index contributed by atoms with van der Waals surface area (Å²) in [5.74, 6) is 1.47. The Balaban J connectivity index is 2.06. The van der Waals surface area contributed by atoms with E-state index in [4.69, 9.17) is 0 Å². The standard InChI is InChI=1S/C13H20O/c1-9(2)10-3-4-12-8-13(14)6-5-11(12)7-10/h8,10-11,13-14H,1,3-7H2,2H3. The first kappa shape index (κ1) is 9.97. The lowest BCUT2D eigenvalue weighted by Gasteiger charge is -2.35. The van der Waals surface area contributed by atoms with Crippen LogP contribution in [0.3, 0.4) is 0 Å². The third-order valence-electron chi connectivity index (χ3n) is 3.79. The van der Waals surface area contributed by atoms with E-state index in [1.54, 1.807) is 0 Å². The smallest absolute Gasteiger partial charge is 0.0723 e. The van der Waals surface area contributed by atoms with Crippen LogP contribution in [-0.2, 0) is 0 Å². The van der Waals surface area contributed by atoms with Crippen molar-refractivity contribution in [2.75, 3.05) is 0 Å². The van der Waals surface area contributed by atoms with Gasteiger partial charge < -0.3 is 5.11 Å². The van der Waals surface area contributed by atoms with Gasteiger partial charge in [0, 0.05) is 0 Å². The molecule has 3 atom stereocenters. The minimum absolute atomic E-state index is 0.164. The number of rotatable bonds is 1. The van der Waals surface area contributed by atoms with Gasteiger partial charge in [-0.05, 0) is 50.9 Å². The summed E-state index contributed by atoms with van der Waals surface area (Å²) in [5.41, 5.74) is 2.86. The average molecular weight is 192 g/mol. The molecule has 2 aliphatic carbocycles. The van der Waals surface area contributed by atoms with Crippen LogP contribution in [0.5, 0.6) is 0 Å². The van der Waals surface area contributed by atoms with Crippen LogP contribution >= 0.6 is 0 Å². The number of hydrogen-bond donors (Lipinski definition) is 1. The van der Waals surface area contributed by atoms with Crippen molar-refractivity contribution in [2.24, 2.45) is 11.8 Å². The van der Waals surface area contributed by atoms with Crippen LogP contribution < -0.4 is 0 Å². The first-order valence-corrected chi connectivity index (χ1v) is 5.71. The van der Waals surface area contributed by atoms with Gasteiger partial charge in [0.2, 0.25) is 0 Å². The summed E-state index contributed by atoms with van der Waals surface area (Å²) in [6, 6.07) is 0. The fourth-order valence-electron chi connectivity index (χ4n) is 2.83. The molecular weight excluding hydrogens is 172 g/mol. The Kier molecular flexibility index (Phi) is 2.78. The highest BCUT2D eigenvalue weighted by atomic mass is 16.3. The topological polar surface area (TPSA) is 20.2 Å². The van der Waals surface area contributed by atoms with Gasteiger partial charge in [-0.1, -0.05) is 23.8 Å². The summed E-state index contributed by atoms with van der Waals surface area (Å²) in [4.78, 5) is 0. The maximum Gasteiger partial charge on any atom is 0.0723 e. The van der Waals surface area contributed by atoms with E-state index in [0.29, 0.717) is 0 Å². The average Bonchev–Trinajstić information content (AvgIpc) is 2.16. The van der Waals surface area contributed by atoms with Crippen LogP contribution in [0.15, 0.2) is 23.8 Å². The van der Waals surface area contributed by atoms with Crippen LogP contribution in [-0.4, -0.2) is 11.2 Å². The summed E-state index contributed by atoms with van der Waals surface area (Å²) in [5, 5.41) is 9.53. The molecule has 1 nitrogen and oxygen atoms in total. The Morgan fingerprint density at radius 3 is 2.93 bits per heavy atom. The van der Waals surface area contributed by atoms with Crippen molar-refractivity contribution in [2.45, 2.75) is 45.1 Å². The van der Waals surface area contributed by atoms with Gasteiger partial charge in [-0.3, -0.25) is 0 Å². The molecule has 78 valence electrons. The first-order chi connectivity index (χ1) is 6.66. The highest BCUT2D eigenvalue weighted by Gasteiger charge is 2.29. The zero-order valence-corrected chi connectivity index (χ0v) is 9.00. The molecular formula is C13H20O. The predicted octanol–water partition coefficient (Wildman–Crippen LogP) is 3.06. The second-order valence-electron chi connectivity index (χ2n) is 4.90. The molecule has 14 heavy (non-hydrogen) atoms. The number of aliphatic hydroxyl groups excluding tert-OH is 1. The molecule has 1 saturated carbocycles. The van der Waals surface area contributed by atoms with Crippen molar-refractivity contribution >= 4 is 0 Å². The van der Waals surface area contributed by atoms with E-state index >= 15 is 0 Å². The third-order valence-corrected chi connectivity index (χ3v) is 3.79. The van der Waals surface area contributed by atoms with E-state index < -0.39 is 0 Å². The molecule has 0 saturated heterocycles.